The molecular weight excluding hydrogens is 1060 g/mol. The molecule has 72 heavy (non-hydrogen) atoms. The average molecular weight is 1120 g/mol. The SMILES string of the molecule is CC(C)(C)c1ccnc(-n2c3[c-]c(Oc4[c-]c(N5[CH-]N(c6cc(C(C)(C)c7ccccc7)cc(C(C)(C)c7ccccc7)c6)C=C5c5ccccc5)cc(-c5ccccc5)c4)ccc3c3ccccc32)c1.[Pt]. The van der Waals surface area contributed by atoms with E-state index in [1.54, 1.807) is 0 Å². The molecule has 3 heterocycles. The van der Waals surface area contributed by atoms with Crippen LogP contribution < -0.4 is 14.5 Å². The minimum atomic E-state index is -0.282. The molecule has 1 aliphatic rings. The Hall–Kier alpha value is -7.46. The molecule has 0 aliphatic carbocycles. The first-order chi connectivity index (χ1) is 34.3. The Morgan fingerprint density at radius 2 is 1.07 bits per heavy atom. The van der Waals surface area contributed by atoms with Crippen LogP contribution in [0.25, 0.3) is 44.4 Å². The molecule has 0 bridgehead atoms. The second kappa shape index (κ2) is 19.3. The van der Waals surface area contributed by atoms with E-state index in [0.29, 0.717) is 11.5 Å². The molecule has 1 aliphatic heterocycles. The Bertz CT molecular complexity index is 3510. The molecule has 0 atom stereocenters. The number of hydrogen-bond donors (Lipinski definition) is 0. The zero-order valence-electron chi connectivity index (χ0n) is 41.8. The van der Waals surface area contributed by atoms with E-state index < -0.39 is 0 Å². The van der Waals surface area contributed by atoms with Gasteiger partial charge in [-0.3, -0.25) is 0 Å². The molecule has 11 rings (SSSR count). The molecule has 0 saturated heterocycles. The van der Waals surface area contributed by atoms with E-state index in [1.807, 2.05) is 12.3 Å². The van der Waals surface area contributed by atoms with Crippen molar-refractivity contribution < 1.29 is 25.8 Å². The van der Waals surface area contributed by atoms with Crippen LogP contribution in [0.4, 0.5) is 11.4 Å². The summed E-state index contributed by atoms with van der Waals surface area (Å²) in [6.45, 7) is 18.2. The number of fused-ring (bicyclic) bond motifs is 3. The van der Waals surface area contributed by atoms with Crippen LogP contribution in [0.3, 0.4) is 0 Å². The summed E-state index contributed by atoms with van der Waals surface area (Å²) in [5.41, 5.74) is 13.6. The molecule has 0 radical (unpaired) electrons. The van der Waals surface area contributed by atoms with E-state index in [-0.39, 0.29) is 37.3 Å². The molecule has 0 amide bonds. The first-order valence-electron chi connectivity index (χ1n) is 24.5. The smallest absolute Gasteiger partial charge is 0.135 e. The maximum atomic E-state index is 6.94. The summed E-state index contributed by atoms with van der Waals surface area (Å²) < 4.78 is 9.14. The van der Waals surface area contributed by atoms with Crippen LogP contribution in [-0.2, 0) is 37.3 Å². The minimum absolute atomic E-state index is 0. The monoisotopic (exact) mass is 1120 g/mol. The fourth-order valence-electron chi connectivity index (χ4n) is 9.90. The third-order valence-electron chi connectivity index (χ3n) is 14.3. The van der Waals surface area contributed by atoms with Crippen molar-refractivity contribution in [2.24, 2.45) is 0 Å². The molecule has 0 spiro atoms. The Balaban J connectivity index is 0.00000596. The van der Waals surface area contributed by atoms with Crippen molar-refractivity contribution in [2.75, 3.05) is 9.80 Å². The van der Waals surface area contributed by atoms with Gasteiger partial charge in [0.2, 0.25) is 0 Å². The molecule has 10 aromatic rings. The first-order valence-corrected chi connectivity index (χ1v) is 24.5. The van der Waals surface area contributed by atoms with Gasteiger partial charge in [-0.2, -0.15) is 6.07 Å². The zero-order chi connectivity index (χ0) is 48.9. The molecule has 2 aromatic heterocycles. The third kappa shape index (κ3) is 9.19. The van der Waals surface area contributed by atoms with Crippen molar-refractivity contribution in [3.63, 3.8) is 0 Å². The molecular formula is C66H57N4OPt-3. The molecule has 0 N–H and O–H groups in total. The van der Waals surface area contributed by atoms with Crippen LogP contribution in [0, 0.1) is 18.8 Å². The van der Waals surface area contributed by atoms with Gasteiger partial charge in [0.05, 0.1) is 0 Å². The zero-order valence-corrected chi connectivity index (χ0v) is 44.1. The molecule has 5 nitrogen and oxygen atoms in total. The number of para-hydroxylation sites is 1. The van der Waals surface area contributed by atoms with Crippen molar-refractivity contribution >= 4 is 38.9 Å². The number of anilines is 2. The van der Waals surface area contributed by atoms with Gasteiger partial charge in [0.1, 0.15) is 5.82 Å². The first kappa shape index (κ1) is 48.2. The number of nitrogens with zero attached hydrogens (tertiary/aromatic N) is 4. The van der Waals surface area contributed by atoms with Crippen molar-refractivity contribution in [1.82, 2.24) is 9.55 Å². The number of pyridine rings is 1. The fourth-order valence-corrected chi connectivity index (χ4v) is 9.90. The number of benzene rings is 8. The number of rotatable bonds is 11. The molecule has 8 aromatic carbocycles. The maximum absolute atomic E-state index is 6.94. The van der Waals surface area contributed by atoms with Crippen LogP contribution in [-0.4, -0.2) is 9.55 Å². The van der Waals surface area contributed by atoms with E-state index in [1.165, 1.54) is 27.8 Å². The predicted octanol–water partition coefficient (Wildman–Crippen LogP) is 16.6. The number of aromatic nitrogens is 2. The topological polar surface area (TPSA) is 33.5 Å². The Morgan fingerprint density at radius 1 is 0.486 bits per heavy atom. The van der Waals surface area contributed by atoms with Gasteiger partial charge in [0, 0.05) is 66.5 Å². The Labute approximate surface area is 439 Å². The fraction of sp³-hybridized carbons (Fsp3) is 0.152. The van der Waals surface area contributed by atoms with Gasteiger partial charge in [0.25, 0.3) is 0 Å². The molecule has 360 valence electrons. The van der Waals surface area contributed by atoms with Crippen LogP contribution in [0.1, 0.15) is 81.8 Å². The molecule has 0 fully saturated rings. The molecule has 0 unspecified atom stereocenters. The Morgan fingerprint density at radius 3 is 1.69 bits per heavy atom. The summed E-state index contributed by atoms with van der Waals surface area (Å²) in [5.74, 6) is 2.00. The van der Waals surface area contributed by atoms with Crippen molar-refractivity contribution in [3.8, 4) is 28.4 Å². The quantitative estimate of drug-likeness (QED) is 0.121. The van der Waals surface area contributed by atoms with Gasteiger partial charge in [-0.25, -0.2) is 4.98 Å². The van der Waals surface area contributed by atoms with Gasteiger partial charge in [-0.15, -0.1) is 53.6 Å². The standard InChI is InChI=1S/C66H57N4O.Pt/c1-64(2,3)51-34-35-67-63(41-51)70-60-31-21-20-30-58(60)59-33-32-56(43-61(59)70)71-57-37-48(46-22-12-8-13-23-46)36-55(42-57)69-45-68(44-62(69)47-24-14-9-15-25-47)54-39-52(65(4,5)49-26-16-10-17-27-49)38-53(40-54)66(6,7)50-28-18-11-19-29-50;/h8-41,44-45H,1-7H3;/q-3;. The normalized spacial score (nSPS) is 13.1. The van der Waals surface area contributed by atoms with E-state index in [4.69, 9.17) is 9.72 Å². The molecule has 0 saturated carbocycles. The van der Waals surface area contributed by atoms with Crippen molar-refractivity contribution in [3.05, 3.63) is 265 Å². The number of ether oxygens (including phenoxy) is 1. The van der Waals surface area contributed by atoms with Gasteiger partial charge in [-0.1, -0.05) is 200 Å². The van der Waals surface area contributed by atoms with Crippen LogP contribution in [0.15, 0.2) is 213 Å². The minimum Gasteiger partial charge on any atom is -0.509 e. The number of hydrogen-bond acceptors (Lipinski definition) is 4. The van der Waals surface area contributed by atoms with Crippen LogP contribution in [0.5, 0.6) is 11.5 Å². The summed E-state index contributed by atoms with van der Waals surface area (Å²) in [5, 5.41) is 2.21. The second-order valence-electron chi connectivity index (χ2n) is 20.7. The summed E-state index contributed by atoms with van der Waals surface area (Å²) in [4.78, 5) is 9.42. The van der Waals surface area contributed by atoms with Crippen molar-refractivity contribution in [1.29, 1.82) is 0 Å². The largest absolute Gasteiger partial charge is 0.509 e. The van der Waals surface area contributed by atoms with E-state index in [9.17, 15) is 0 Å². The summed E-state index contributed by atoms with van der Waals surface area (Å²) in [6, 6.07) is 78.5. The van der Waals surface area contributed by atoms with E-state index in [0.717, 1.165) is 61.4 Å². The average Bonchev–Trinajstić information content (AvgIpc) is 4.00. The van der Waals surface area contributed by atoms with Gasteiger partial charge in [0.15, 0.2) is 0 Å². The Kier molecular flexibility index (Phi) is 12.9. The van der Waals surface area contributed by atoms with Gasteiger partial charge >= 0.3 is 0 Å². The third-order valence-corrected chi connectivity index (χ3v) is 14.3. The second-order valence-corrected chi connectivity index (χ2v) is 20.7. The summed E-state index contributed by atoms with van der Waals surface area (Å²) in [7, 11) is 0. The van der Waals surface area contributed by atoms with Crippen molar-refractivity contribution in [2.45, 2.75) is 64.7 Å². The maximum Gasteiger partial charge on any atom is 0.135 e. The van der Waals surface area contributed by atoms with Gasteiger partial charge < -0.3 is 19.1 Å². The summed E-state index contributed by atoms with van der Waals surface area (Å²) in [6.07, 6.45) is 4.15. The van der Waals surface area contributed by atoms with Crippen LogP contribution in [0.2, 0.25) is 0 Å². The summed E-state index contributed by atoms with van der Waals surface area (Å²) >= 11 is 0. The van der Waals surface area contributed by atoms with Crippen LogP contribution >= 0.6 is 0 Å². The van der Waals surface area contributed by atoms with Gasteiger partial charge in [-0.05, 0) is 86.3 Å². The molecule has 6 heteroatoms. The van der Waals surface area contributed by atoms with E-state index in [2.05, 4.69) is 282 Å². The predicted molar refractivity (Wildman–Crippen MR) is 294 cm³/mol. The van der Waals surface area contributed by atoms with E-state index >= 15 is 0 Å².